The number of nitrogens with zero attached hydrogens (tertiary/aromatic N) is 4. The molecule has 0 radical (unpaired) electrons. The zero-order chi connectivity index (χ0) is 18.4. The van der Waals surface area contributed by atoms with Crippen LogP contribution in [0.1, 0.15) is 6.92 Å². The molecule has 1 amide bonds. The topological polar surface area (TPSA) is 81.9 Å². The number of benzene rings is 1. The Labute approximate surface area is 155 Å². The first-order chi connectivity index (χ1) is 12.7. The van der Waals surface area contributed by atoms with E-state index in [1.54, 1.807) is 12.4 Å². The average molecular weight is 369 g/mol. The van der Waals surface area contributed by atoms with Gasteiger partial charge in [0.05, 0.1) is 18.0 Å². The highest BCUT2D eigenvalue weighted by Crippen LogP contribution is 2.25. The van der Waals surface area contributed by atoms with E-state index >= 15 is 0 Å². The smallest absolute Gasteiger partial charge is 0.234 e. The maximum absolute atomic E-state index is 12.3. The number of carbonyl (C=O) groups excluding carboxylic acids is 1. The second-order valence-electron chi connectivity index (χ2n) is 5.37. The summed E-state index contributed by atoms with van der Waals surface area (Å²) in [5, 5.41) is 11.9. The first-order valence-electron chi connectivity index (χ1n) is 8.13. The molecule has 7 nitrogen and oxygen atoms in total. The summed E-state index contributed by atoms with van der Waals surface area (Å²) in [6.45, 7) is 2.45. The van der Waals surface area contributed by atoms with E-state index in [4.69, 9.17) is 4.74 Å². The third-order valence-electron chi connectivity index (χ3n) is 3.57. The number of amides is 1. The lowest BCUT2D eigenvalue weighted by molar-refractivity contribution is -0.113. The molecule has 1 N–H and O–H groups in total. The largest absolute Gasteiger partial charge is 0.492 e. The van der Waals surface area contributed by atoms with E-state index in [0.717, 1.165) is 11.4 Å². The fourth-order valence-electron chi connectivity index (χ4n) is 2.36. The minimum atomic E-state index is -0.129. The molecule has 3 aromatic rings. The molecule has 0 fully saturated rings. The van der Waals surface area contributed by atoms with Crippen molar-refractivity contribution >= 4 is 23.4 Å². The summed E-state index contributed by atoms with van der Waals surface area (Å²) in [5.41, 5.74) is 1.59. The Morgan fingerprint density at radius 2 is 1.96 bits per heavy atom. The predicted octanol–water partition coefficient (Wildman–Crippen LogP) is 3.01. The first kappa shape index (κ1) is 17.9. The van der Waals surface area contributed by atoms with Crippen LogP contribution >= 0.6 is 11.8 Å². The lowest BCUT2D eigenvalue weighted by Crippen LogP contribution is -2.15. The molecule has 0 atom stereocenters. The SMILES string of the molecule is CCOc1ccccc1NC(=O)CSc1nnc(-c2ccncc2)n1C. The summed E-state index contributed by atoms with van der Waals surface area (Å²) < 4.78 is 7.38. The molecule has 0 unspecified atom stereocenters. The summed E-state index contributed by atoms with van der Waals surface area (Å²) in [6, 6.07) is 11.1. The third-order valence-corrected chi connectivity index (χ3v) is 4.59. The molecular formula is C18H19N5O2S. The molecule has 0 saturated heterocycles. The molecule has 0 spiro atoms. The number of thioether (sulfide) groups is 1. The number of hydrogen-bond donors (Lipinski definition) is 1. The lowest BCUT2D eigenvalue weighted by Gasteiger charge is -2.11. The Morgan fingerprint density at radius 1 is 1.19 bits per heavy atom. The van der Waals surface area contributed by atoms with Crippen LogP contribution in [0.3, 0.4) is 0 Å². The van der Waals surface area contributed by atoms with Crippen molar-refractivity contribution in [2.24, 2.45) is 7.05 Å². The van der Waals surface area contributed by atoms with Gasteiger partial charge in [0.2, 0.25) is 5.91 Å². The van der Waals surface area contributed by atoms with E-state index in [2.05, 4.69) is 20.5 Å². The monoisotopic (exact) mass is 369 g/mol. The van der Waals surface area contributed by atoms with Gasteiger partial charge in [-0.15, -0.1) is 10.2 Å². The van der Waals surface area contributed by atoms with Crippen LogP contribution in [0.2, 0.25) is 0 Å². The summed E-state index contributed by atoms with van der Waals surface area (Å²) >= 11 is 1.33. The Kier molecular flexibility index (Phi) is 5.85. The molecule has 1 aromatic carbocycles. The quantitative estimate of drug-likeness (QED) is 0.645. The number of para-hydroxylation sites is 2. The fraction of sp³-hybridized carbons (Fsp3) is 0.222. The predicted molar refractivity (Wildman–Crippen MR) is 101 cm³/mol. The zero-order valence-corrected chi connectivity index (χ0v) is 15.4. The zero-order valence-electron chi connectivity index (χ0n) is 14.5. The Morgan fingerprint density at radius 3 is 2.73 bits per heavy atom. The number of anilines is 1. The molecule has 3 rings (SSSR count). The second-order valence-corrected chi connectivity index (χ2v) is 6.31. The van der Waals surface area contributed by atoms with Crippen molar-refractivity contribution in [3.63, 3.8) is 0 Å². The van der Waals surface area contributed by atoms with Gasteiger partial charge in [-0.2, -0.15) is 0 Å². The molecule has 26 heavy (non-hydrogen) atoms. The number of ether oxygens (including phenoxy) is 1. The van der Waals surface area contributed by atoms with Gasteiger partial charge in [-0.25, -0.2) is 0 Å². The van der Waals surface area contributed by atoms with Crippen molar-refractivity contribution in [2.75, 3.05) is 17.7 Å². The summed E-state index contributed by atoms with van der Waals surface area (Å²) in [4.78, 5) is 16.3. The first-order valence-corrected chi connectivity index (χ1v) is 9.12. The third kappa shape index (κ3) is 4.20. The normalized spacial score (nSPS) is 10.5. The summed E-state index contributed by atoms with van der Waals surface area (Å²) in [5.74, 6) is 1.49. The lowest BCUT2D eigenvalue weighted by atomic mass is 10.2. The summed E-state index contributed by atoms with van der Waals surface area (Å²) in [7, 11) is 1.88. The Bertz CT molecular complexity index is 882. The fourth-order valence-corrected chi connectivity index (χ4v) is 3.07. The number of carbonyl (C=O) groups is 1. The van der Waals surface area contributed by atoms with Crippen LogP contribution in [0, 0.1) is 0 Å². The van der Waals surface area contributed by atoms with Crippen LogP contribution in [-0.4, -0.2) is 38.0 Å². The number of hydrogen-bond acceptors (Lipinski definition) is 6. The van der Waals surface area contributed by atoms with E-state index in [-0.39, 0.29) is 11.7 Å². The highest BCUT2D eigenvalue weighted by molar-refractivity contribution is 7.99. The van der Waals surface area contributed by atoms with Gasteiger partial charge in [-0.1, -0.05) is 23.9 Å². The molecule has 8 heteroatoms. The summed E-state index contributed by atoms with van der Waals surface area (Å²) in [6.07, 6.45) is 3.42. The van der Waals surface area contributed by atoms with Crippen molar-refractivity contribution in [3.05, 3.63) is 48.8 Å². The van der Waals surface area contributed by atoms with Gasteiger partial charge < -0.3 is 14.6 Å². The van der Waals surface area contributed by atoms with Gasteiger partial charge in [0.25, 0.3) is 0 Å². The maximum Gasteiger partial charge on any atom is 0.234 e. The molecule has 0 aliphatic rings. The van der Waals surface area contributed by atoms with Crippen LogP contribution in [0.5, 0.6) is 5.75 Å². The Balaban J connectivity index is 1.63. The molecule has 0 saturated carbocycles. The van der Waals surface area contributed by atoms with Crippen LogP contribution in [-0.2, 0) is 11.8 Å². The minimum Gasteiger partial charge on any atom is -0.492 e. The van der Waals surface area contributed by atoms with Gasteiger partial charge in [0.1, 0.15) is 5.75 Å². The molecule has 134 valence electrons. The van der Waals surface area contributed by atoms with Gasteiger partial charge in [0.15, 0.2) is 11.0 Å². The highest BCUT2D eigenvalue weighted by Gasteiger charge is 2.13. The van der Waals surface area contributed by atoms with Crippen LogP contribution in [0.25, 0.3) is 11.4 Å². The molecule has 2 aromatic heterocycles. The van der Waals surface area contributed by atoms with Crippen molar-refractivity contribution in [3.8, 4) is 17.1 Å². The van der Waals surface area contributed by atoms with Crippen molar-refractivity contribution in [2.45, 2.75) is 12.1 Å². The van der Waals surface area contributed by atoms with E-state index in [1.807, 2.05) is 54.9 Å². The van der Waals surface area contributed by atoms with Gasteiger partial charge >= 0.3 is 0 Å². The van der Waals surface area contributed by atoms with Crippen LogP contribution in [0.4, 0.5) is 5.69 Å². The maximum atomic E-state index is 12.3. The van der Waals surface area contributed by atoms with Gasteiger partial charge in [-0.3, -0.25) is 9.78 Å². The van der Waals surface area contributed by atoms with Crippen molar-refractivity contribution < 1.29 is 9.53 Å². The second kappa shape index (κ2) is 8.48. The average Bonchev–Trinajstić information content (AvgIpc) is 3.03. The van der Waals surface area contributed by atoms with E-state index in [0.29, 0.717) is 23.2 Å². The van der Waals surface area contributed by atoms with Crippen molar-refractivity contribution in [1.82, 2.24) is 19.7 Å². The van der Waals surface area contributed by atoms with Gasteiger partial charge in [-0.05, 0) is 31.2 Å². The highest BCUT2D eigenvalue weighted by atomic mass is 32.2. The molecule has 2 heterocycles. The minimum absolute atomic E-state index is 0.129. The van der Waals surface area contributed by atoms with E-state index < -0.39 is 0 Å². The van der Waals surface area contributed by atoms with Crippen molar-refractivity contribution in [1.29, 1.82) is 0 Å². The van der Waals surface area contributed by atoms with E-state index in [1.165, 1.54) is 11.8 Å². The van der Waals surface area contributed by atoms with Gasteiger partial charge in [0, 0.05) is 25.0 Å². The molecule has 0 bridgehead atoms. The Hall–Kier alpha value is -2.87. The number of pyridine rings is 1. The molecule has 0 aliphatic heterocycles. The molecular weight excluding hydrogens is 350 g/mol. The van der Waals surface area contributed by atoms with E-state index in [9.17, 15) is 4.79 Å². The number of nitrogens with one attached hydrogen (secondary N) is 1. The molecule has 0 aliphatic carbocycles. The number of aromatic nitrogens is 4. The number of rotatable bonds is 7. The van der Waals surface area contributed by atoms with Crippen LogP contribution < -0.4 is 10.1 Å². The van der Waals surface area contributed by atoms with Crippen LogP contribution in [0.15, 0.2) is 53.9 Å². The standard InChI is InChI=1S/C18H19N5O2S/c1-3-25-15-7-5-4-6-14(15)20-16(24)12-26-18-22-21-17(23(18)2)13-8-10-19-11-9-13/h4-11H,3,12H2,1-2H3,(H,20,24).